The Labute approximate surface area is 169 Å². The van der Waals surface area contributed by atoms with Crippen LogP contribution < -0.4 is 9.47 Å². The Balaban J connectivity index is 1.74. The Hall–Kier alpha value is -3.01. The van der Waals surface area contributed by atoms with Gasteiger partial charge in [0.1, 0.15) is 23.4 Å². The SMILES string of the molecule is N#CC(=Cc1c(OC2CCCCCC2)nc2c(OCC3CC3)cccn12)C(=O)O. The van der Waals surface area contributed by atoms with Gasteiger partial charge in [0.05, 0.1) is 6.61 Å². The van der Waals surface area contributed by atoms with Gasteiger partial charge in [-0.1, -0.05) is 12.8 Å². The fourth-order valence-corrected chi connectivity index (χ4v) is 3.66. The van der Waals surface area contributed by atoms with E-state index in [-0.39, 0.29) is 11.7 Å². The number of hydrogen-bond donors (Lipinski definition) is 1. The summed E-state index contributed by atoms with van der Waals surface area (Å²) in [6.07, 6.45) is 12.1. The van der Waals surface area contributed by atoms with Crippen molar-refractivity contribution >= 4 is 17.7 Å². The summed E-state index contributed by atoms with van der Waals surface area (Å²) < 4.78 is 13.9. The van der Waals surface area contributed by atoms with E-state index in [9.17, 15) is 15.2 Å². The lowest BCUT2D eigenvalue weighted by atomic mass is 10.1. The van der Waals surface area contributed by atoms with E-state index >= 15 is 0 Å². The number of rotatable bonds is 7. The number of ether oxygens (including phenoxy) is 2. The molecule has 2 aromatic rings. The van der Waals surface area contributed by atoms with Crippen LogP contribution >= 0.6 is 0 Å². The molecule has 152 valence electrons. The van der Waals surface area contributed by atoms with Crippen molar-refractivity contribution in [3.8, 4) is 17.7 Å². The molecule has 0 aliphatic heterocycles. The molecule has 2 heterocycles. The van der Waals surface area contributed by atoms with Gasteiger partial charge >= 0.3 is 5.97 Å². The summed E-state index contributed by atoms with van der Waals surface area (Å²) in [7, 11) is 0. The molecule has 2 aromatic heterocycles. The normalized spacial score (nSPS) is 18.2. The van der Waals surface area contributed by atoms with E-state index in [2.05, 4.69) is 4.98 Å². The van der Waals surface area contributed by atoms with E-state index in [0.717, 1.165) is 25.7 Å². The molecule has 0 unspecified atom stereocenters. The second-order valence-corrected chi connectivity index (χ2v) is 7.83. The molecule has 0 radical (unpaired) electrons. The number of fused-ring (bicyclic) bond motifs is 1. The number of aliphatic carboxylic acids is 1. The van der Waals surface area contributed by atoms with Crippen LogP contribution in [0.3, 0.4) is 0 Å². The molecule has 2 saturated carbocycles. The summed E-state index contributed by atoms with van der Waals surface area (Å²) >= 11 is 0. The van der Waals surface area contributed by atoms with Gasteiger partial charge in [-0.25, -0.2) is 4.79 Å². The monoisotopic (exact) mass is 395 g/mol. The zero-order valence-electron chi connectivity index (χ0n) is 16.3. The third-order valence-corrected chi connectivity index (χ3v) is 5.50. The largest absolute Gasteiger partial charge is 0.489 e. The number of aromatic nitrogens is 2. The first-order valence-corrected chi connectivity index (χ1v) is 10.3. The first kappa shape index (κ1) is 19.3. The number of carboxylic acids is 1. The first-order chi connectivity index (χ1) is 14.2. The molecular weight excluding hydrogens is 370 g/mol. The first-order valence-electron chi connectivity index (χ1n) is 10.3. The summed E-state index contributed by atoms with van der Waals surface area (Å²) in [6.45, 7) is 0.648. The standard InChI is InChI=1S/C22H25N3O4/c23-13-16(22(26)27)12-18-21(29-17-6-3-1-2-4-7-17)24-20-19(8-5-11-25(18)20)28-14-15-9-10-15/h5,8,11-12,15,17H,1-4,6-7,9-10,14H2,(H,26,27). The molecule has 0 bridgehead atoms. The average molecular weight is 395 g/mol. The summed E-state index contributed by atoms with van der Waals surface area (Å²) in [5, 5.41) is 18.5. The van der Waals surface area contributed by atoms with Crippen molar-refractivity contribution in [2.45, 2.75) is 57.5 Å². The lowest BCUT2D eigenvalue weighted by Crippen LogP contribution is -2.16. The van der Waals surface area contributed by atoms with Crippen LogP contribution in [-0.2, 0) is 4.79 Å². The van der Waals surface area contributed by atoms with E-state index < -0.39 is 5.97 Å². The van der Waals surface area contributed by atoms with Crippen molar-refractivity contribution in [1.29, 1.82) is 5.26 Å². The molecule has 2 aliphatic rings. The van der Waals surface area contributed by atoms with Crippen molar-refractivity contribution in [3.63, 3.8) is 0 Å². The maximum Gasteiger partial charge on any atom is 0.346 e. The minimum atomic E-state index is -1.27. The van der Waals surface area contributed by atoms with Gasteiger partial charge in [0.25, 0.3) is 0 Å². The summed E-state index contributed by atoms with van der Waals surface area (Å²) in [5.74, 6) is 0.319. The van der Waals surface area contributed by atoms with Crippen LogP contribution in [-0.4, -0.2) is 33.2 Å². The molecule has 0 amide bonds. The Morgan fingerprint density at radius 1 is 1.28 bits per heavy atom. The second kappa shape index (κ2) is 8.56. The molecule has 1 N–H and O–H groups in total. The molecule has 2 fully saturated rings. The number of nitrogens with zero attached hydrogens (tertiary/aromatic N) is 3. The van der Waals surface area contributed by atoms with Crippen LogP contribution in [0.5, 0.6) is 11.6 Å². The van der Waals surface area contributed by atoms with Gasteiger partial charge in [0, 0.05) is 6.20 Å². The van der Waals surface area contributed by atoms with E-state index in [4.69, 9.17) is 9.47 Å². The van der Waals surface area contributed by atoms with Crippen molar-refractivity contribution in [3.05, 3.63) is 29.6 Å². The van der Waals surface area contributed by atoms with Crippen LogP contribution in [0.1, 0.15) is 57.1 Å². The van der Waals surface area contributed by atoms with E-state index in [0.29, 0.717) is 35.5 Å². The molecule has 7 heteroatoms. The molecule has 0 spiro atoms. The van der Waals surface area contributed by atoms with Gasteiger partial charge < -0.3 is 14.6 Å². The minimum Gasteiger partial charge on any atom is -0.489 e. The summed E-state index contributed by atoms with van der Waals surface area (Å²) in [5.41, 5.74) is 0.674. The summed E-state index contributed by atoms with van der Waals surface area (Å²) in [6, 6.07) is 5.43. The molecule has 0 saturated heterocycles. The van der Waals surface area contributed by atoms with Crippen molar-refractivity contribution in [2.24, 2.45) is 5.92 Å². The highest BCUT2D eigenvalue weighted by Crippen LogP contribution is 2.33. The maximum atomic E-state index is 11.4. The van der Waals surface area contributed by atoms with Crippen molar-refractivity contribution < 1.29 is 19.4 Å². The highest BCUT2D eigenvalue weighted by Gasteiger charge is 2.24. The smallest absolute Gasteiger partial charge is 0.346 e. The minimum absolute atomic E-state index is 0.0424. The van der Waals surface area contributed by atoms with Gasteiger partial charge in [-0.3, -0.25) is 4.40 Å². The zero-order chi connectivity index (χ0) is 20.2. The fraction of sp³-hybridized carbons (Fsp3) is 0.500. The van der Waals surface area contributed by atoms with Gasteiger partial charge in [-0.2, -0.15) is 10.2 Å². The van der Waals surface area contributed by atoms with Crippen LogP contribution in [0.25, 0.3) is 11.7 Å². The predicted octanol–water partition coefficient (Wildman–Crippen LogP) is 4.22. The van der Waals surface area contributed by atoms with Crippen molar-refractivity contribution in [2.75, 3.05) is 6.61 Å². The Morgan fingerprint density at radius 3 is 2.69 bits per heavy atom. The van der Waals surface area contributed by atoms with Crippen LogP contribution in [0.4, 0.5) is 0 Å². The molecule has 4 rings (SSSR count). The number of hydrogen-bond acceptors (Lipinski definition) is 5. The van der Waals surface area contributed by atoms with Crippen molar-refractivity contribution in [1.82, 2.24) is 9.38 Å². The van der Waals surface area contributed by atoms with Crippen LogP contribution in [0.2, 0.25) is 0 Å². The maximum absolute atomic E-state index is 11.4. The lowest BCUT2D eigenvalue weighted by molar-refractivity contribution is -0.132. The topological polar surface area (TPSA) is 96.9 Å². The van der Waals surface area contributed by atoms with E-state index in [1.165, 1.54) is 31.8 Å². The van der Waals surface area contributed by atoms with E-state index in [1.54, 1.807) is 16.7 Å². The molecule has 7 nitrogen and oxygen atoms in total. The third kappa shape index (κ3) is 4.53. The number of nitriles is 1. The molecular formula is C22H25N3O4. The molecule has 2 aliphatic carbocycles. The molecule has 29 heavy (non-hydrogen) atoms. The number of imidazole rings is 1. The fourth-order valence-electron chi connectivity index (χ4n) is 3.66. The van der Waals surface area contributed by atoms with Crippen LogP contribution in [0.15, 0.2) is 23.9 Å². The number of carbonyl (C=O) groups is 1. The zero-order valence-corrected chi connectivity index (χ0v) is 16.3. The Bertz CT molecular complexity index is 960. The van der Waals surface area contributed by atoms with Gasteiger partial charge in [0.2, 0.25) is 5.88 Å². The van der Waals surface area contributed by atoms with E-state index in [1.807, 2.05) is 12.1 Å². The Morgan fingerprint density at radius 2 is 2.03 bits per heavy atom. The van der Waals surface area contributed by atoms with Gasteiger partial charge in [-0.05, 0) is 62.7 Å². The molecule has 0 aromatic carbocycles. The third-order valence-electron chi connectivity index (χ3n) is 5.50. The lowest BCUT2D eigenvalue weighted by Gasteiger charge is -2.15. The summed E-state index contributed by atoms with van der Waals surface area (Å²) in [4.78, 5) is 16.1. The average Bonchev–Trinajstić information content (AvgIpc) is 3.51. The second-order valence-electron chi connectivity index (χ2n) is 7.83. The number of carboxylic acid groups (broad SMARTS) is 1. The highest BCUT2D eigenvalue weighted by molar-refractivity contribution is 5.96. The quantitative estimate of drug-likeness (QED) is 0.428. The van der Waals surface area contributed by atoms with Crippen LogP contribution in [0, 0.1) is 17.2 Å². The van der Waals surface area contributed by atoms with Gasteiger partial charge in [0.15, 0.2) is 11.4 Å². The number of pyridine rings is 1. The Kier molecular flexibility index (Phi) is 5.70. The van der Waals surface area contributed by atoms with Gasteiger partial charge in [-0.15, -0.1) is 0 Å². The predicted molar refractivity (Wildman–Crippen MR) is 107 cm³/mol. The molecule has 0 atom stereocenters. The highest BCUT2D eigenvalue weighted by atomic mass is 16.5.